The molecule has 1 aliphatic heterocycles. The largest absolute Gasteiger partial charge is 0.496 e. The molecule has 0 spiro atoms. The van der Waals surface area contributed by atoms with Crippen LogP contribution in [0.15, 0.2) is 21.1 Å². The van der Waals surface area contributed by atoms with Gasteiger partial charge in [0.1, 0.15) is 11.5 Å². The van der Waals surface area contributed by atoms with Gasteiger partial charge in [0.25, 0.3) is 0 Å². The Hall–Kier alpha value is -0.260. The average Bonchev–Trinajstić information content (AvgIpc) is 2.91. The van der Waals surface area contributed by atoms with Crippen molar-refractivity contribution in [1.29, 1.82) is 0 Å². The lowest BCUT2D eigenvalue weighted by Crippen LogP contribution is -2.21. The van der Waals surface area contributed by atoms with Gasteiger partial charge in [-0.05, 0) is 76.2 Å². The van der Waals surface area contributed by atoms with Gasteiger partial charge in [-0.2, -0.15) is 0 Å². The first-order valence-electron chi connectivity index (χ1n) is 6.60. The summed E-state index contributed by atoms with van der Waals surface area (Å²) in [6.07, 6.45) is 4.88. The van der Waals surface area contributed by atoms with Crippen molar-refractivity contribution >= 4 is 31.9 Å². The molecule has 0 amide bonds. The fourth-order valence-electron chi connectivity index (χ4n) is 2.29. The van der Waals surface area contributed by atoms with Gasteiger partial charge in [-0.3, -0.25) is 0 Å². The number of benzene rings is 1. The third-order valence-corrected chi connectivity index (χ3v) is 4.56. The standard InChI is InChI=1S/C14H19Br2NO2/c1-18-13-8-12(16)14(9-11(13)15)19-7-3-5-10-4-2-6-17-10/h8-10,17H,2-7H2,1H3. The van der Waals surface area contributed by atoms with Gasteiger partial charge < -0.3 is 14.8 Å². The van der Waals surface area contributed by atoms with Gasteiger partial charge in [0.05, 0.1) is 22.7 Å². The zero-order chi connectivity index (χ0) is 13.7. The topological polar surface area (TPSA) is 30.5 Å². The number of halogens is 2. The quantitative estimate of drug-likeness (QED) is 0.738. The molecule has 1 saturated heterocycles. The fraction of sp³-hybridized carbons (Fsp3) is 0.571. The summed E-state index contributed by atoms with van der Waals surface area (Å²) in [7, 11) is 1.65. The fourth-order valence-corrected chi connectivity index (χ4v) is 3.21. The predicted octanol–water partition coefficient (Wildman–Crippen LogP) is 4.13. The molecule has 19 heavy (non-hydrogen) atoms. The Morgan fingerprint density at radius 1 is 1.26 bits per heavy atom. The van der Waals surface area contributed by atoms with E-state index in [1.54, 1.807) is 7.11 Å². The molecule has 1 unspecified atom stereocenters. The third-order valence-electron chi connectivity index (χ3n) is 3.32. The van der Waals surface area contributed by atoms with Gasteiger partial charge >= 0.3 is 0 Å². The maximum absolute atomic E-state index is 5.82. The van der Waals surface area contributed by atoms with Gasteiger partial charge in [0.15, 0.2) is 0 Å². The van der Waals surface area contributed by atoms with E-state index in [2.05, 4.69) is 37.2 Å². The normalized spacial score (nSPS) is 18.6. The first-order valence-corrected chi connectivity index (χ1v) is 8.18. The van der Waals surface area contributed by atoms with Crippen molar-refractivity contribution < 1.29 is 9.47 Å². The minimum Gasteiger partial charge on any atom is -0.496 e. The smallest absolute Gasteiger partial charge is 0.134 e. The molecular formula is C14H19Br2NO2. The predicted molar refractivity (Wildman–Crippen MR) is 84.1 cm³/mol. The highest BCUT2D eigenvalue weighted by Crippen LogP contribution is 2.36. The van der Waals surface area contributed by atoms with Crippen LogP contribution in [0.4, 0.5) is 0 Å². The van der Waals surface area contributed by atoms with Crippen LogP contribution >= 0.6 is 31.9 Å². The Labute approximate surface area is 131 Å². The molecule has 1 heterocycles. The highest BCUT2D eigenvalue weighted by atomic mass is 79.9. The Bertz CT molecular complexity index is 420. The zero-order valence-corrected chi connectivity index (χ0v) is 14.2. The molecule has 0 bridgehead atoms. The molecule has 1 atom stereocenters. The van der Waals surface area contributed by atoms with E-state index < -0.39 is 0 Å². The van der Waals surface area contributed by atoms with Crippen LogP contribution < -0.4 is 14.8 Å². The van der Waals surface area contributed by atoms with Gasteiger partial charge in [0.2, 0.25) is 0 Å². The summed E-state index contributed by atoms with van der Waals surface area (Å²) in [6.45, 7) is 1.91. The van der Waals surface area contributed by atoms with E-state index in [0.717, 1.165) is 33.5 Å². The van der Waals surface area contributed by atoms with Crippen LogP contribution in [0.25, 0.3) is 0 Å². The molecular weight excluding hydrogens is 374 g/mol. The summed E-state index contributed by atoms with van der Waals surface area (Å²) >= 11 is 6.97. The molecule has 1 fully saturated rings. The number of hydrogen-bond donors (Lipinski definition) is 1. The average molecular weight is 393 g/mol. The molecule has 1 aromatic carbocycles. The molecule has 0 radical (unpaired) electrons. The minimum atomic E-state index is 0.689. The minimum absolute atomic E-state index is 0.689. The van der Waals surface area contributed by atoms with Crippen molar-refractivity contribution in [1.82, 2.24) is 5.32 Å². The maximum atomic E-state index is 5.82. The van der Waals surface area contributed by atoms with Crippen LogP contribution in [0.3, 0.4) is 0 Å². The third kappa shape index (κ3) is 4.36. The van der Waals surface area contributed by atoms with Crippen LogP contribution in [0.1, 0.15) is 25.7 Å². The molecule has 0 saturated carbocycles. The van der Waals surface area contributed by atoms with E-state index in [0.29, 0.717) is 6.04 Å². The molecule has 5 heteroatoms. The molecule has 1 N–H and O–H groups in total. The van der Waals surface area contributed by atoms with Crippen molar-refractivity contribution in [3.63, 3.8) is 0 Å². The Balaban J connectivity index is 1.80. The van der Waals surface area contributed by atoms with Crippen molar-refractivity contribution in [2.45, 2.75) is 31.7 Å². The summed E-state index contributed by atoms with van der Waals surface area (Å²) in [5.74, 6) is 1.65. The number of ether oxygens (including phenoxy) is 2. The van der Waals surface area contributed by atoms with Crippen LogP contribution in [0.5, 0.6) is 11.5 Å². The van der Waals surface area contributed by atoms with Crippen molar-refractivity contribution in [2.75, 3.05) is 20.3 Å². The number of rotatable bonds is 6. The SMILES string of the molecule is COc1cc(Br)c(OCCCC2CCCN2)cc1Br. The van der Waals surface area contributed by atoms with E-state index in [1.165, 1.54) is 25.8 Å². The first kappa shape index (κ1) is 15.1. The monoisotopic (exact) mass is 391 g/mol. The number of methoxy groups -OCH3 is 1. The summed E-state index contributed by atoms with van der Waals surface area (Å²) in [5.41, 5.74) is 0. The highest BCUT2D eigenvalue weighted by Gasteiger charge is 2.13. The second-order valence-corrected chi connectivity index (χ2v) is 6.41. The van der Waals surface area contributed by atoms with Crippen molar-refractivity contribution in [3.8, 4) is 11.5 Å². The van der Waals surface area contributed by atoms with Crippen LogP contribution in [0.2, 0.25) is 0 Å². The van der Waals surface area contributed by atoms with Crippen LogP contribution in [0, 0.1) is 0 Å². The van der Waals surface area contributed by atoms with Crippen molar-refractivity contribution in [2.24, 2.45) is 0 Å². The lowest BCUT2D eigenvalue weighted by molar-refractivity contribution is 0.296. The molecule has 0 aliphatic carbocycles. The van der Waals surface area contributed by atoms with E-state index >= 15 is 0 Å². The van der Waals surface area contributed by atoms with E-state index in [9.17, 15) is 0 Å². The molecule has 0 aromatic heterocycles. The maximum Gasteiger partial charge on any atom is 0.134 e. The van der Waals surface area contributed by atoms with E-state index in [4.69, 9.17) is 9.47 Å². The second kappa shape index (κ2) is 7.50. The van der Waals surface area contributed by atoms with Gasteiger partial charge in [-0.25, -0.2) is 0 Å². The van der Waals surface area contributed by atoms with Gasteiger partial charge in [-0.1, -0.05) is 0 Å². The first-order chi connectivity index (χ1) is 9.20. The molecule has 3 nitrogen and oxygen atoms in total. The molecule has 1 aliphatic rings. The summed E-state index contributed by atoms with van der Waals surface area (Å²) in [4.78, 5) is 0. The Morgan fingerprint density at radius 2 is 2.00 bits per heavy atom. The van der Waals surface area contributed by atoms with Gasteiger partial charge in [0, 0.05) is 6.04 Å². The lowest BCUT2D eigenvalue weighted by Gasteiger charge is -2.13. The van der Waals surface area contributed by atoms with E-state index in [1.807, 2.05) is 12.1 Å². The highest BCUT2D eigenvalue weighted by molar-refractivity contribution is 9.11. The molecule has 106 valence electrons. The number of nitrogens with one attached hydrogen (secondary N) is 1. The Kier molecular flexibility index (Phi) is 5.98. The second-order valence-electron chi connectivity index (χ2n) is 4.70. The van der Waals surface area contributed by atoms with E-state index in [-0.39, 0.29) is 0 Å². The summed E-state index contributed by atoms with van der Waals surface area (Å²) in [6, 6.07) is 4.55. The zero-order valence-electron chi connectivity index (χ0n) is 11.0. The number of hydrogen-bond acceptors (Lipinski definition) is 3. The summed E-state index contributed by atoms with van der Waals surface area (Å²) < 4.78 is 12.9. The van der Waals surface area contributed by atoms with Crippen LogP contribution in [-0.2, 0) is 0 Å². The van der Waals surface area contributed by atoms with Gasteiger partial charge in [-0.15, -0.1) is 0 Å². The van der Waals surface area contributed by atoms with Crippen LogP contribution in [-0.4, -0.2) is 26.3 Å². The molecule has 2 rings (SSSR count). The molecule has 1 aromatic rings. The lowest BCUT2D eigenvalue weighted by atomic mass is 10.1. The van der Waals surface area contributed by atoms with Crippen molar-refractivity contribution in [3.05, 3.63) is 21.1 Å². The summed E-state index contributed by atoms with van der Waals surface area (Å²) in [5, 5.41) is 3.50. The Morgan fingerprint density at radius 3 is 2.68 bits per heavy atom.